The number of carboxylic acids is 1. The van der Waals surface area contributed by atoms with Crippen LogP contribution in [0.2, 0.25) is 0 Å². The number of benzene rings is 6. The Labute approximate surface area is 743 Å². The molecule has 0 atom stereocenters. The van der Waals surface area contributed by atoms with Crippen LogP contribution in [0.5, 0.6) is 0 Å². The molecule has 5 N–H and O–H groups in total. The number of anilines is 4. The van der Waals surface area contributed by atoms with Crippen LogP contribution in [0.25, 0.3) is 22.5 Å². The van der Waals surface area contributed by atoms with E-state index < -0.39 is 46.9 Å². The van der Waals surface area contributed by atoms with E-state index >= 15 is 0 Å². The van der Waals surface area contributed by atoms with Gasteiger partial charge in [-0.15, -0.1) is 0 Å². The third-order valence-corrected chi connectivity index (χ3v) is 20.1. The lowest BCUT2D eigenvalue weighted by Crippen LogP contribution is -2.51. The summed E-state index contributed by atoms with van der Waals surface area (Å²) in [6, 6.07) is 41.9. The van der Waals surface area contributed by atoms with Gasteiger partial charge in [0, 0.05) is 136 Å². The molecule has 27 nitrogen and oxygen atoms in total. The summed E-state index contributed by atoms with van der Waals surface area (Å²) >= 11 is 0. The number of aliphatic carboxylic acids is 1. The first-order valence-electron chi connectivity index (χ1n) is 43.0. The van der Waals surface area contributed by atoms with Gasteiger partial charge in [0.05, 0.1) is 139 Å². The first-order chi connectivity index (χ1) is 61.5. The molecule has 1 fully saturated rings. The number of aromatic nitrogens is 2. The van der Waals surface area contributed by atoms with Crippen LogP contribution < -0.4 is 31.1 Å². The summed E-state index contributed by atoms with van der Waals surface area (Å²) in [5.41, 5.74) is 6.68. The third-order valence-electron chi connectivity index (χ3n) is 20.1. The van der Waals surface area contributed by atoms with Crippen molar-refractivity contribution in [1.29, 1.82) is 0 Å². The van der Waals surface area contributed by atoms with E-state index in [1.165, 1.54) is 48.8 Å². The van der Waals surface area contributed by atoms with E-state index in [9.17, 15) is 59.9 Å². The van der Waals surface area contributed by atoms with Crippen LogP contribution >= 0.6 is 0 Å². The molecule has 0 unspecified atom stereocenters. The van der Waals surface area contributed by atoms with E-state index in [1.54, 1.807) is 34.1 Å². The second-order valence-corrected chi connectivity index (χ2v) is 30.6. The Bertz CT molecular complexity index is 4830. The predicted octanol–water partition coefficient (Wildman–Crippen LogP) is 15.5. The van der Waals surface area contributed by atoms with Crippen molar-refractivity contribution in [1.82, 2.24) is 30.4 Å². The number of nitrogens with zero attached hydrogens (tertiary/aromatic N) is 6. The lowest BCUT2D eigenvalue weighted by Gasteiger charge is -2.35. The van der Waals surface area contributed by atoms with Gasteiger partial charge in [-0.3, -0.25) is 38.7 Å². The lowest BCUT2D eigenvalue weighted by atomic mass is 10.0. The van der Waals surface area contributed by atoms with Gasteiger partial charge < -0.3 is 88.6 Å². The van der Waals surface area contributed by atoms with Crippen molar-refractivity contribution in [3.63, 3.8) is 0 Å². The number of pyridine rings is 2. The summed E-state index contributed by atoms with van der Waals surface area (Å²) in [5.74, 6) is -2.53. The van der Waals surface area contributed by atoms with Gasteiger partial charge in [-0.2, -0.15) is 26.3 Å². The van der Waals surface area contributed by atoms with Crippen molar-refractivity contribution < 1.29 is 108 Å². The Morgan fingerprint density at radius 1 is 0.398 bits per heavy atom. The molecular formula is C95H118F6N10O17. The molecule has 0 radical (unpaired) electrons. The number of nitrogens with one attached hydrogen (secondary N) is 4. The highest BCUT2D eigenvalue weighted by Crippen LogP contribution is 2.36. The van der Waals surface area contributed by atoms with Crippen molar-refractivity contribution in [2.75, 3.05) is 179 Å². The highest BCUT2D eigenvalue weighted by atomic mass is 19.4. The molecule has 1 aliphatic rings. The van der Waals surface area contributed by atoms with Crippen molar-refractivity contribution in [3.05, 3.63) is 226 Å². The molecule has 0 bridgehead atoms. The Balaban J connectivity index is 0.000000322. The SMILES string of the molecule is CCN(CC)c1ccc(NC(=O)c2cccc(CCCOCCOCCOCCOCCC(=O)N3CCN(C(=O)OC(C)(C)C)CC3)c2)c(-c2cc(C(=O)NCc3cccc(C(F)(F)F)c3)ccn2)c1.CCN(CC)c1ccc(NC(=O)c2cccc(CCCOCCOCCOCCOCCC(=O)O)c2)c(-c2cc(C(=O)NCc3cccc(C(F)(F)F)c3)ccn2)c1. The molecule has 128 heavy (non-hydrogen) atoms. The number of halogens is 6. The predicted molar refractivity (Wildman–Crippen MR) is 475 cm³/mol. The first-order valence-corrected chi connectivity index (χ1v) is 43.0. The number of piperazine rings is 1. The van der Waals surface area contributed by atoms with E-state index in [4.69, 9.17) is 47.7 Å². The largest absolute Gasteiger partial charge is 0.481 e. The minimum Gasteiger partial charge on any atom is -0.481 e. The van der Waals surface area contributed by atoms with Gasteiger partial charge in [-0.1, -0.05) is 48.5 Å². The monoisotopic (exact) mass is 1780 g/mol. The zero-order chi connectivity index (χ0) is 92.3. The van der Waals surface area contributed by atoms with E-state index in [2.05, 4.69) is 41.0 Å². The van der Waals surface area contributed by atoms with Crippen LogP contribution in [0.4, 0.5) is 53.9 Å². The Kier molecular flexibility index (Phi) is 42.5. The molecule has 9 rings (SSSR count). The molecule has 1 aliphatic heterocycles. The number of carbonyl (C=O) groups excluding carboxylic acids is 6. The number of rotatable bonds is 50. The van der Waals surface area contributed by atoms with Gasteiger partial charge in [-0.05, 0) is 206 Å². The van der Waals surface area contributed by atoms with E-state index in [1.807, 2.05) is 121 Å². The summed E-state index contributed by atoms with van der Waals surface area (Å²) in [6.45, 7) is 24.4. The number of aryl methyl sites for hydroxylation is 2. The van der Waals surface area contributed by atoms with Gasteiger partial charge >= 0.3 is 24.4 Å². The van der Waals surface area contributed by atoms with Crippen LogP contribution in [0, 0.1) is 0 Å². The molecule has 33 heteroatoms. The molecule has 692 valence electrons. The zero-order valence-corrected chi connectivity index (χ0v) is 73.7. The molecule has 2 aromatic heterocycles. The maximum Gasteiger partial charge on any atom is 0.416 e. The standard InChI is InChI=1S/C52H67F3N6O9.C43H51F3N4O8/c1-6-59(7-2)43-16-17-45(44(36-43)46-35-41(18-20-56-46)48(63)57-37-39-12-9-15-42(34-39)52(53,54)55)58-49(64)40-14-8-11-38(33-40)13-10-25-66-27-29-68-31-32-69-30-28-67-26-19-47(62)60-21-23-61(24-22-60)50(65)70-51(3,4)5;1-3-50(4-2)36-13-14-38(37(29-36)39-28-34(15-17-47-39)41(53)48-30-32-9-6-12-35(27-32)43(44,45)46)49-42(54)33-11-5-8-31(26-33)10-7-18-55-20-22-57-24-25-58-23-21-56-19-16-40(51)52/h8-9,11-12,14-18,20,33-36H,6-7,10,13,19,21-32,37H2,1-5H3,(H,57,63)(H,58,64);5-6,8-9,11-15,17,26-29H,3-4,7,10,16,18-25,30H2,1-2H3,(H,48,53)(H,49,54)(H,51,52). The first kappa shape index (κ1) is 102. The molecule has 0 spiro atoms. The summed E-state index contributed by atoms with van der Waals surface area (Å²) in [4.78, 5) is 106. The van der Waals surface area contributed by atoms with Crippen molar-refractivity contribution >= 4 is 64.3 Å². The number of ether oxygens (including phenoxy) is 9. The van der Waals surface area contributed by atoms with Crippen LogP contribution in [0.1, 0.15) is 149 Å². The number of hydrogen-bond acceptors (Lipinski definition) is 20. The number of alkyl halides is 6. The summed E-state index contributed by atoms with van der Waals surface area (Å²) in [5, 5.41) is 20.0. The average Bonchev–Trinajstić information content (AvgIpc) is 0.801. The smallest absolute Gasteiger partial charge is 0.416 e. The maximum atomic E-state index is 13.7. The molecule has 8 aromatic rings. The third kappa shape index (κ3) is 35.7. The van der Waals surface area contributed by atoms with Gasteiger partial charge in [-0.25, -0.2) is 4.79 Å². The zero-order valence-electron chi connectivity index (χ0n) is 73.7. The van der Waals surface area contributed by atoms with Crippen LogP contribution in [0.15, 0.2) is 170 Å². The summed E-state index contributed by atoms with van der Waals surface area (Å²) < 4.78 is 129. The number of amides is 6. The van der Waals surface area contributed by atoms with Gasteiger partial charge in [0.2, 0.25) is 5.91 Å². The summed E-state index contributed by atoms with van der Waals surface area (Å²) in [6.07, 6.45) is -3.30. The van der Waals surface area contributed by atoms with E-state index in [0.29, 0.717) is 194 Å². The Morgan fingerprint density at radius 3 is 1.12 bits per heavy atom. The van der Waals surface area contributed by atoms with Crippen LogP contribution in [-0.2, 0) is 90.5 Å². The molecule has 6 amide bonds. The Morgan fingerprint density at radius 2 is 0.750 bits per heavy atom. The second-order valence-electron chi connectivity index (χ2n) is 30.6. The average molecular weight is 1790 g/mol. The fourth-order valence-electron chi connectivity index (χ4n) is 13.3. The maximum absolute atomic E-state index is 13.7. The summed E-state index contributed by atoms with van der Waals surface area (Å²) in [7, 11) is 0. The Hall–Kier alpha value is -11.4. The highest BCUT2D eigenvalue weighted by molar-refractivity contribution is 6.08. The van der Waals surface area contributed by atoms with Gasteiger partial charge in [0.25, 0.3) is 23.6 Å². The van der Waals surface area contributed by atoms with E-state index in [-0.39, 0.29) is 67.5 Å². The molecule has 1 saturated heterocycles. The fourth-order valence-corrected chi connectivity index (χ4v) is 13.3. The van der Waals surface area contributed by atoms with Crippen LogP contribution in [0.3, 0.4) is 0 Å². The molecule has 6 aromatic carbocycles. The molecule has 3 heterocycles. The molecular weight excluding hydrogens is 1670 g/mol. The van der Waals surface area contributed by atoms with E-state index in [0.717, 1.165) is 85.8 Å². The minimum atomic E-state index is -4.50. The van der Waals surface area contributed by atoms with Crippen molar-refractivity contribution in [3.8, 4) is 22.5 Å². The highest BCUT2D eigenvalue weighted by Gasteiger charge is 2.33. The van der Waals surface area contributed by atoms with Gasteiger partial charge in [0.15, 0.2) is 0 Å². The number of carboxylic acid groups (broad SMARTS) is 1. The van der Waals surface area contributed by atoms with Crippen molar-refractivity contribution in [2.45, 2.75) is 118 Å². The van der Waals surface area contributed by atoms with Gasteiger partial charge in [0.1, 0.15) is 5.60 Å². The minimum absolute atomic E-state index is 0.00695. The topological polar surface area (TPSA) is 310 Å². The number of hydrogen-bond donors (Lipinski definition) is 5. The molecule has 0 aliphatic carbocycles. The lowest BCUT2D eigenvalue weighted by molar-refractivity contribution is -0.139. The van der Waals surface area contributed by atoms with Crippen LogP contribution in [-0.4, -0.2) is 230 Å². The second kappa shape index (κ2) is 53.4. The molecule has 0 saturated carbocycles. The number of carbonyl (C=O) groups is 7. The quantitative estimate of drug-likeness (QED) is 0.0175. The normalized spacial score (nSPS) is 12.2. The van der Waals surface area contributed by atoms with Crippen molar-refractivity contribution in [2.24, 2.45) is 0 Å². The fraction of sp³-hybridized carbons (Fsp3) is 0.442.